The van der Waals surface area contributed by atoms with E-state index >= 15 is 0 Å². The van der Waals surface area contributed by atoms with Crippen LogP contribution in [0.15, 0.2) is 60.3 Å². The normalized spacial score (nSPS) is 14.6. The number of anilines is 4. The van der Waals surface area contributed by atoms with E-state index in [1.807, 2.05) is 77.1 Å². The maximum absolute atomic E-state index is 12.8. The van der Waals surface area contributed by atoms with Gasteiger partial charge in [0, 0.05) is 48.1 Å². The van der Waals surface area contributed by atoms with Gasteiger partial charge in [-0.15, -0.1) is 0 Å². The monoisotopic (exact) mass is 495 g/mol. The first-order valence-electron chi connectivity index (χ1n) is 12.8. The Hall–Kier alpha value is -3.35. The molecule has 1 aliphatic heterocycles. The molecule has 6 N–H and O–H groups in total. The molecule has 0 unspecified atom stereocenters. The minimum absolute atomic E-state index is 0.310. The number of allylic oxidation sites excluding steroid dienone is 2. The lowest BCUT2D eigenvalue weighted by molar-refractivity contribution is 0.0579. The Bertz CT molecular complexity index is 953. The summed E-state index contributed by atoms with van der Waals surface area (Å²) in [5.41, 5.74) is 20.7. The van der Waals surface area contributed by atoms with E-state index in [1.54, 1.807) is 4.90 Å². The van der Waals surface area contributed by atoms with Gasteiger partial charge in [0.25, 0.3) is 0 Å². The molecule has 1 fully saturated rings. The molecular formula is C29H45N5O2. The van der Waals surface area contributed by atoms with Crippen molar-refractivity contribution in [2.24, 2.45) is 11.7 Å². The average molecular weight is 496 g/mol. The molecule has 0 spiro atoms. The van der Waals surface area contributed by atoms with Gasteiger partial charge in [-0.25, -0.2) is 4.79 Å². The van der Waals surface area contributed by atoms with Crippen LogP contribution >= 0.6 is 0 Å². The molecule has 7 nitrogen and oxygen atoms in total. The van der Waals surface area contributed by atoms with Gasteiger partial charge in [-0.3, -0.25) is 4.90 Å². The van der Waals surface area contributed by atoms with Crippen molar-refractivity contribution in [3.05, 3.63) is 60.3 Å². The number of carbonyl (C=O) groups excluding carboxylic acids is 1. The summed E-state index contributed by atoms with van der Waals surface area (Å²) >= 11 is 0. The van der Waals surface area contributed by atoms with Crippen molar-refractivity contribution >= 4 is 28.8 Å². The van der Waals surface area contributed by atoms with E-state index in [1.165, 1.54) is 18.5 Å². The fourth-order valence-corrected chi connectivity index (χ4v) is 4.00. The van der Waals surface area contributed by atoms with E-state index in [0.717, 1.165) is 43.0 Å². The van der Waals surface area contributed by atoms with Gasteiger partial charge in [0.05, 0.1) is 0 Å². The fourth-order valence-electron chi connectivity index (χ4n) is 4.00. The summed E-state index contributed by atoms with van der Waals surface area (Å²) in [6, 6.07) is 15.5. The zero-order valence-electron chi connectivity index (χ0n) is 22.7. The maximum Gasteiger partial charge on any atom is 0.414 e. The van der Waals surface area contributed by atoms with E-state index in [0.29, 0.717) is 18.2 Å². The Balaban J connectivity index is 0.000000830. The second-order valence-corrected chi connectivity index (χ2v) is 10.4. The molecule has 1 aliphatic rings. The minimum Gasteiger partial charge on any atom is -0.443 e. The second kappa shape index (κ2) is 13.7. The van der Waals surface area contributed by atoms with E-state index < -0.39 is 5.60 Å². The van der Waals surface area contributed by atoms with Crippen molar-refractivity contribution in [2.45, 2.75) is 65.9 Å². The summed E-state index contributed by atoms with van der Waals surface area (Å²) in [5.74, 6) is 0.678. The molecule has 1 heterocycles. The number of carbonyl (C=O) groups is 1. The van der Waals surface area contributed by atoms with Crippen molar-refractivity contribution in [3.63, 3.8) is 0 Å². The first-order valence-corrected chi connectivity index (χ1v) is 12.8. The number of nitrogens with zero attached hydrogens (tertiary/aromatic N) is 2. The van der Waals surface area contributed by atoms with E-state index in [-0.39, 0.29) is 6.09 Å². The molecule has 36 heavy (non-hydrogen) atoms. The molecule has 1 amide bonds. The number of nitrogen functional groups attached to an aromatic ring is 2. The minimum atomic E-state index is -0.530. The van der Waals surface area contributed by atoms with Crippen molar-refractivity contribution in [3.8, 4) is 0 Å². The molecule has 0 saturated carbocycles. The Morgan fingerprint density at radius 3 is 2.00 bits per heavy atom. The molecule has 2 aromatic rings. The third-order valence-corrected chi connectivity index (χ3v) is 6.14. The molecule has 0 aromatic heterocycles. The molecule has 0 radical (unpaired) electrons. The summed E-state index contributed by atoms with van der Waals surface area (Å²) in [4.78, 5) is 17.0. The zero-order valence-corrected chi connectivity index (χ0v) is 22.7. The van der Waals surface area contributed by atoms with Crippen LogP contribution < -0.4 is 27.0 Å². The van der Waals surface area contributed by atoms with Crippen LogP contribution in [0.25, 0.3) is 0 Å². The number of ether oxygens (including phenoxy) is 1. The van der Waals surface area contributed by atoms with Crippen LogP contribution in [-0.4, -0.2) is 31.3 Å². The predicted molar refractivity (Wildman–Crippen MR) is 153 cm³/mol. The van der Waals surface area contributed by atoms with Gasteiger partial charge in [-0.2, -0.15) is 0 Å². The van der Waals surface area contributed by atoms with E-state index in [4.69, 9.17) is 21.9 Å². The lowest BCUT2D eigenvalue weighted by atomic mass is 9.92. The smallest absolute Gasteiger partial charge is 0.414 e. The number of hydrogen-bond acceptors (Lipinski definition) is 6. The van der Waals surface area contributed by atoms with Crippen LogP contribution in [0.4, 0.5) is 27.5 Å². The summed E-state index contributed by atoms with van der Waals surface area (Å²) in [7, 11) is 0. The highest BCUT2D eigenvalue weighted by Crippen LogP contribution is 2.27. The first kappa shape index (κ1) is 28.9. The lowest BCUT2D eigenvalue weighted by Crippen LogP contribution is -2.38. The zero-order chi connectivity index (χ0) is 26.7. The van der Waals surface area contributed by atoms with Crippen molar-refractivity contribution in [1.29, 1.82) is 0 Å². The van der Waals surface area contributed by atoms with Gasteiger partial charge >= 0.3 is 6.09 Å². The molecule has 0 bridgehead atoms. The third kappa shape index (κ3) is 10.1. The highest BCUT2D eigenvalue weighted by atomic mass is 16.6. The van der Waals surface area contributed by atoms with Crippen LogP contribution in [0.2, 0.25) is 0 Å². The fraction of sp³-hybridized carbons (Fsp3) is 0.483. The maximum atomic E-state index is 12.8. The van der Waals surface area contributed by atoms with Gasteiger partial charge in [0.1, 0.15) is 5.60 Å². The van der Waals surface area contributed by atoms with Gasteiger partial charge in [-0.05, 0) is 115 Å². The molecular weight excluding hydrogens is 450 g/mol. The predicted octanol–water partition coefficient (Wildman–Crippen LogP) is 6.16. The van der Waals surface area contributed by atoms with Crippen LogP contribution in [-0.2, 0) is 4.74 Å². The van der Waals surface area contributed by atoms with E-state index in [2.05, 4.69) is 17.0 Å². The van der Waals surface area contributed by atoms with Gasteiger partial charge in [-0.1, -0.05) is 6.08 Å². The molecule has 198 valence electrons. The Kier molecular flexibility index (Phi) is 11.0. The Morgan fingerprint density at radius 2 is 1.53 bits per heavy atom. The first-order chi connectivity index (χ1) is 17.0. The molecule has 0 aliphatic carbocycles. The van der Waals surface area contributed by atoms with Crippen molar-refractivity contribution in [1.82, 2.24) is 0 Å². The SMILES string of the molecule is C/C=C(\C)N.CC(C)(C)OC(=O)N(CCCC1CCN(c2ccc(N)cc2)CC1)c1ccc(N)cc1. The largest absolute Gasteiger partial charge is 0.443 e. The summed E-state index contributed by atoms with van der Waals surface area (Å²) in [6.07, 6.45) is 5.92. The molecule has 0 atom stereocenters. The van der Waals surface area contributed by atoms with Crippen LogP contribution in [0.5, 0.6) is 0 Å². The number of piperidine rings is 1. The van der Waals surface area contributed by atoms with Gasteiger partial charge < -0.3 is 26.8 Å². The Morgan fingerprint density at radius 1 is 1.03 bits per heavy atom. The number of benzene rings is 2. The van der Waals surface area contributed by atoms with Crippen LogP contribution in [0, 0.1) is 5.92 Å². The highest BCUT2D eigenvalue weighted by Gasteiger charge is 2.24. The summed E-state index contributed by atoms with van der Waals surface area (Å²) in [5, 5.41) is 0. The Labute approximate surface area is 217 Å². The van der Waals surface area contributed by atoms with Gasteiger partial charge in [0.2, 0.25) is 0 Å². The standard InChI is InChI=1S/C25H36N4O2.C4H9N/c1-25(2,3)31-24(30)29(23-12-8-21(27)9-13-23)16-4-5-19-14-17-28(18-15-19)22-10-6-20(26)7-11-22;1-3-4(2)5/h6-13,19H,4-5,14-18,26-27H2,1-3H3;3H,5H2,1-2H3/b;4-3+. The molecule has 2 aromatic carbocycles. The molecule has 1 saturated heterocycles. The van der Waals surface area contributed by atoms with Crippen molar-refractivity contribution in [2.75, 3.05) is 40.9 Å². The van der Waals surface area contributed by atoms with Crippen LogP contribution in [0.3, 0.4) is 0 Å². The topological polar surface area (TPSA) is 111 Å². The van der Waals surface area contributed by atoms with E-state index in [9.17, 15) is 4.79 Å². The summed E-state index contributed by atoms with van der Waals surface area (Å²) in [6.45, 7) is 12.2. The number of amides is 1. The van der Waals surface area contributed by atoms with Gasteiger partial charge in [0.15, 0.2) is 0 Å². The number of hydrogen-bond donors (Lipinski definition) is 3. The van der Waals surface area contributed by atoms with Crippen molar-refractivity contribution < 1.29 is 9.53 Å². The molecule has 3 rings (SSSR count). The molecule has 7 heteroatoms. The lowest BCUT2D eigenvalue weighted by Gasteiger charge is -2.34. The van der Waals surface area contributed by atoms with Crippen LogP contribution in [0.1, 0.15) is 60.3 Å². The quantitative estimate of drug-likeness (QED) is 0.414. The summed E-state index contributed by atoms with van der Waals surface area (Å²) < 4.78 is 5.64. The number of rotatable bonds is 6. The number of nitrogens with two attached hydrogens (primary N) is 3. The third-order valence-electron chi connectivity index (χ3n) is 6.14. The average Bonchev–Trinajstić information content (AvgIpc) is 2.83. The second-order valence-electron chi connectivity index (χ2n) is 10.4. The highest BCUT2D eigenvalue weighted by molar-refractivity contribution is 5.88.